The number of nitrogens with zero attached hydrogens (tertiary/aromatic N) is 3. The molecule has 118 valence electrons. The predicted molar refractivity (Wildman–Crippen MR) is 92.8 cm³/mol. The molecule has 0 unspecified atom stereocenters. The van der Waals surface area contributed by atoms with Gasteiger partial charge in [0.15, 0.2) is 0 Å². The van der Waals surface area contributed by atoms with Gasteiger partial charge in [-0.1, -0.05) is 30.0 Å². The Morgan fingerprint density at radius 1 is 1.17 bits per heavy atom. The number of anilines is 1. The third-order valence-electron chi connectivity index (χ3n) is 3.27. The Hall–Kier alpha value is -3.10. The molecule has 2 aromatic heterocycles. The van der Waals surface area contributed by atoms with Crippen molar-refractivity contribution in [1.82, 2.24) is 14.3 Å². The molecule has 0 aliphatic rings. The first-order chi connectivity index (χ1) is 11.6. The number of carbonyl (C=O) groups excluding carboxylic acids is 1. The molecule has 0 aliphatic heterocycles. The number of hydrogen-bond acceptors (Lipinski definition) is 3. The van der Waals surface area contributed by atoms with Gasteiger partial charge in [-0.3, -0.25) is 4.79 Å². The fraction of sp³-hybridized carbons (Fsp3) is 0.0556. The minimum Gasteiger partial charge on any atom is -0.305 e. The molecule has 0 fully saturated rings. The number of hydrogen-bond donors (Lipinski definition) is 1. The molecule has 1 aromatic carbocycles. The molecule has 3 rings (SSSR count). The number of aryl methyl sites for hydroxylation is 1. The third kappa shape index (κ3) is 3.62. The normalized spacial score (nSPS) is 9.92. The first-order valence-electron chi connectivity index (χ1n) is 7.19. The Morgan fingerprint density at radius 2 is 1.92 bits per heavy atom. The van der Waals surface area contributed by atoms with Crippen molar-refractivity contribution in [2.24, 2.45) is 0 Å². The highest BCUT2D eigenvalue weighted by Crippen LogP contribution is 2.14. The zero-order chi connectivity index (χ0) is 16.9. The van der Waals surface area contributed by atoms with Gasteiger partial charge in [-0.2, -0.15) is 9.30 Å². The van der Waals surface area contributed by atoms with Crippen molar-refractivity contribution in [3.8, 4) is 11.8 Å². The minimum atomic E-state index is -0.374. The number of amides is 1. The molecule has 6 heteroatoms. The monoisotopic (exact) mass is 336 g/mol. The van der Waals surface area contributed by atoms with Gasteiger partial charge >= 0.3 is 0 Å². The number of pyridine rings is 1. The average molecular weight is 337 g/mol. The second kappa shape index (κ2) is 6.99. The number of nitrogens with one attached hydrogen (secondary N) is 1. The van der Waals surface area contributed by atoms with Gasteiger partial charge in [0.2, 0.25) is 0 Å². The standard InChI is InChI=1S/C18H13ClN4O/c1-13-11-15(8-7-14-5-3-2-4-6-14)12-20-17(13)22-18(24)16-9-10-21-23(16)19/h2-6,9-12H,1H3,(H,20,22,24). The summed E-state index contributed by atoms with van der Waals surface area (Å²) in [6.45, 7) is 1.86. The van der Waals surface area contributed by atoms with Crippen LogP contribution in [0.5, 0.6) is 0 Å². The molecular weight excluding hydrogens is 324 g/mol. The Kier molecular flexibility index (Phi) is 4.59. The van der Waals surface area contributed by atoms with E-state index >= 15 is 0 Å². The van der Waals surface area contributed by atoms with Crippen molar-refractivity contribution in [3.63, 3.8) is 0 Å². The maximum absolute atomic E-state index is 12.1. The van der Waals surface area contributed by atoms with Crippen molar-refractivity contribution in [2.75, 3.05) is 5.32 Å². The summed E-state index contributed by atoms with van der Waals surface area (Å²) in [6.07, 6.45) is 3.07. The van der Waals surface area contributed by atoms with Gasteiger partial charge in [0, 0.05) is 29.1 Å². The second-order valence-electron chi connectivity index (χ2n) is 5.04. The predicted octanol–water partition coefficient (Wildman–Crippen LogP) is 3.24. The number of carbonyl (C=O) groups is 1. The summed E-state index contributed by atoms with van der Waals surface area (Å²) in [6, 6.07) is 13.1. The highest BCUT2D eigenvalue weighted by molar-refractivity contribution is 6.18. The van der Waals surface area contributed by atoms with Crippen LogP contribution in [0.15, 0.2) is 54.9 Å². The highest BCUT2D eigenvalue weighted by Gasteiger charge is 2.13. The molecule has 5 nitrogen and oxygen atoms in total. The van der Waals surface area contributed by atoms with Crippen LogP contribution in [0.3, 0.4) is 0 Å². The molecule has 0 aliphatic carbocycles. The molecule has 0 saturated heterocycles. The van der Waals surface area contributed by atoms with E-state index in [1.54, 1.807) is 6.20 Å². The van der Waals surface area contributed by atoms with E-state index in [-0.39, 0.29) is 11.6 Å². The van der Waals surface area contributed by atoms with Gasteiger partial charge in [0.05, 0.1) is 6.20 Å². The van der Waals surface area contributed by atoms with Gasteiger partial charge < -0.3 is 5.32 Å². The Morgan fingerprint density at radius 3 is 2.58 bits per heavy atom. The molecule has 0 radical (unpaired) electrons. The van der Waals surface area contributed by atoms with Crippen LogP contribution in [0.25, 0.3) is 0 Å². The summed E-state index contributed by atoms with van der Waals surface area (Å²) in [5.74, 6) is 6.22. The van der Waals surface area contributed by atoms with Crippen LogP contribution in [0, 0.1) is 18.8 Å². The SMILES string of the molecule is Cc1cc(C#Cc2ccccc2)cnc1NC(=O)c1ccnn1Cl. The van der Waals surface area contributed by atoms with E-state index in [2.05, 4.69) is 27.2 Å². The van der Waals surface area contributed by atoms with E-state index in [1.165, 1.54) is 12.3 Å². The quantitative estimate of drug-likeness (QED) is 0.731. The summed E-state index contributed by atoms with van der Waals surface area (Å²) >= 11 is 5.77. The van der Waals surface area contributed by atoms with E-state index in [0.717, 1.165) is 20.9 Å². The lowest BCUT2D eigenvalue weighted by Gasteiger charge is -2.07. The van der Waals surface area contributed by atoms with Gasteiger partial charge in [0.1, 0.15) is 11.5 Å². The van der Waals surface area contributed by atoms with Gasteiger partial charge in [0.25, 0.3) is 5.91 Å². The zero-order valence-electron chi connectivity index (χ0n) is 12.8. The summed E-state index contributed by atoms with van der Waals surface area (Å²) in [5, 5.41) is 6.46. The molecule has 24 heavy (non-hydrogen) atoms. The Labute approximate surface area is 144 Å². The largest absolute Gasteiger partial charge is 0.305 e. The first kappa shape index (κ1) is 15.8. The first-order valence-corrected chi connectivity index (χ1v) is 7.52. The van der Waals surface area contributed by atoms with Crippen molar-refractivity contribution in [3.05, 3.63) is 77.2 Å². The van der Waals surface area contributed by atoms with Gasteiger partial charge in [-0.05, 0) is 36.8 Å². The Bertz CT molecular complexity index is 938. The summed E-state index contributed by atoms with van der Waals surface area (Å²) in [4.78, 5) is 16.4. The number of benzene rings is 1. The second-order valence-corrected chi connectivity index (χ2v) is 5.36. The maximum atomic E-state index is 12.1. The molecular formula is C18H13ClN4O. The molecule has 0 bridgehead atoms. The van der Waals surface area contributed by atoms with Crippen LogP contribution >= 0.6 is 11.8 Å². The molecule has 0 atom stereocenters. The molecule has 1 N–H and O–H groups in total. The van der Waals surface area contributed by atoms with Crippen LogP contribution in [-0.4, -0.2) is 20.2 Å². The zero-order valence-corrected chi connectivity index (χ0v) is 13.6. The molecule has 2 heterocycles. The van der Waals surface area contributed by atoms with Crippen LogP contribution < -0.4 is 5.32 Å². The topological polar surface area (TPSA) is 59.8 Å². The van der Waals surface area contributed by atoms with Crippen LogP contribution in [-0.2, 0) is 0 Å². The van der Waals surface area contributed by atoms with Gasteiger partial charge in [-0.15, -0.1) is 0 Å². The number of halogens is 1. The lowest BCUT2D eigenvalue weighted by molar-refractivity contribution is 0.102. The van der Waals surface area contributed by atoms with E-state index in [4.69, 9.17) is 11.8 Å². The van der Waals surface area contributed by atoms with Gasteiger partial charge in [-0.25, -0.2) is 4.98 Å². The van der Waals surface area contributed by atoms with Crippen LogP contribution in [0.4, 0.5) is 5.82 Å². The summed E-state index contributed by atoms with van der Waals surface area (Å²) in [5.41, 5.74) is 2.76. The summed E-state index contributed by atoms with van der Waals surface area (Å²) in [7, 11) is 0. The van der Waals surface area contributed by atoms with Crippen LogP contribution in [0.1, 0.15) is 27.2 Å². The molecule has 1 amide bonds. The minimum absolute atomic E-state index is 0.241. The fourth-order valence-electron chi connectivity index (χ4n) is 2.06. The molecule has 0 saturated carbocycles. The third-order valence-corrected chi connectivity index (χ3v) is 3.54. The molecule has 3 aromatic rings. The fourth-order valence-corrected chi connectivity index (χ4v) is 2.24. The maximum Gasteiger partial charge on any atom is 0.276 e. The molecule has 0 spiro atoms. The Balaban J connectivity index is 1.77. The van der Waals surface area contributed by atoms with E-state index in [1.807, 2.05) is 43.3 Å². The average Bonchev–Trinajstić information content (AvgIpc) is 3.02. The highest BCUT2D eigenvalue weighted by atomic mass is 35.5. The lowest BCUT2D eigenvalue weighted by atomic mass is 10.1. The van der Waals surface area contributed by atoms with E-state index in [9.17, 15) is 4.79 Å². The smallest absolute Gasteiger partial charge is 0.276 e. The van der Waals surface area contributed by atoms with E-state index in [0.29, 0.717) is 5.82 Å². The van der Waals surface area contributed by atoms with E-state index < -0.39 is 0 Å². The van der Waals surface area contributed by atoms with Crippen molar-refractivity contribution < 1.29 is 4.79 Å². The van der Waals surface area contributed by atoms with Crippen molar-refractivity contribution >= 4 is 23.5 Å². The van der Waals surface area contributed by atoms with Crippen molar-refractivity contribution in [1.29, 1.82) is 0 Å². The number of rotatable bonds is 2. The lowest BCUT2D eigenvalue weighted by Crippen LogP contribution is -2.16. The number of aromatic nitrogens is 3. The summed E-state index contributed by atoms with van der Waals surface area (Å²) < 4.78 is 0.990. The van der Waals surface area contributed by atoms with Crippen molar-refractivity contribution in [2.45, 2.75) is 6.92 Å². The van der Waals surface area contributed by atoms with Crippen LogP contribution in [0.2, 0.25) is 0 Å².